The average molecular weight is 488 g/mol. The zero-order valence-corrected chi connectivity index (χ0v) is 19.0. The van der Waals surface area contributed by atoms with Crippen molar-refractivity contribution in [1.82, 2.24) is 25.3 Å². The van der Waals surface area contributed by atoms with Crippen LogP contribution in [0.25, 0.3) is 10.9 Å². The third-order valence-electron chi connectivity index (χ3n) is 5.84. The van der Waals surface area contributed by atoms with Crippen molar-refractivity contribution in [3.8, 4) is 0 Å². The first kappa shape index (κ1) is 21.5. The molecular weight excluding hydrogens is 462 g/mol. The van der Waals surface area contributed by atoms with E-state index < -0.39 is 0 Å². The van der Waals surface area contributed by atoms with Crippen molar-refractivity contribution in [2.24, 2.45) is 5.92 Å². The van der Waals surface area contributed by atoms with Gasteiger partial charge in [-0.3, -0.25) is 9.59 Å². The zero-order valence-electron chi connectivity index (χ0n) is 17.4. The maximum atomic E-state index is 12.4. The Morgan fingerprint density at radius 2 is 2.19 bits per heavy atom. The van der Waals surface area contributed by atoms with Gasteiger partial charge in [0.05, 0.1) is 24.8 Å². The molecule has 2 atom stereocenters. The molecule has 0 spiro atoms. The van der Waals surface area contributed by atoms with E-state index in [1.165, 1.54) is 7.11 Å². The Balaban J connectivity index is 1.25. The molecule has 4 rings (SSSR count). The molecule has 1 aliphatic carbocycles. The number of halogens is 1. The molecule has 2 unspecified atom stereocenters. The van der Waals surface area contributed by atoms with Crippen LogP contribution < -0.4 is 5.32 Å². The number of fused-ring (bicyclic) bond motifs is 1. The van der Waals surface area contributed by atoms with E-state index in [0.717, 1.165) is 59.6 Å². The normalized spacial score (nSPS) is 18.8. The minimum absolute atomic E-state index is 0.0580. The molecule has 3 aromatic rings. The predicted octanol–water partition coefficient (Wildman–Crippen LogP) is 3.79. The van der Waals surface area contributed by atoms with Crippen LogP contribution in [0.3, 0.4) is 0 Å². The standard InChI is InChI=1S/C22H26BrN5O3/c1-31-22(30)14-4-2-6-18(11-14)28-13-17(26-27-28)5-3-9-24-21(29)20-12-15-10-16(23)7-8-19(15)25-20/h7-8,10,12-14,18,25H,2-6,9,11H2,1H3,(H,24,29). The van der Waals surface area contributed by atoms with Gasteiger partial charge < -0.3 is 15.0 Å². The number of nitrogens with zero attached hydrogens (tertiary/aromatic N) is 3. The van der Waals surface area contributed by atoms with Crippen molar-refractivity contribution in [3.63, 3.8) is 0 Å². The number of nitrogens with one attached hydrogen (secondary N) is 2. The second-order valence-corrected chi connectivity index (χ2v) is 8.92. The average Bonchev–Trinajstić information content (AvgIpc) is 3.43. The maximum Gasteiger partial charge on any atom is 0.308 e. The first-order valence-electron chi connectivity index (χ1n) is 10.6. The highest BCUT2D eigenvalue weighted by Crippen LogP contribution is 2.32. The quantitative estimate of drug-likeness (QED) is 0.389. The Bertz CT molecular complexity index is 1080. The number of H-pyrrole nitrogens is 1. The number of methoxy groups -OCH3 is 1. The van der Waals surface area contributed by atoms with Gasteiger partial charge in [0.1, 0.15) is 5.69 Å². The first-order chi connectivity index (χ1) is 15.0. The lowest BCUT2D eigenvalue weighted by Crippen LogP contribution is -2.26. The van der Waals surface area contributed by atoms with Crippen LogP contribution in [0.1, 0.15) is 54.3 Å². The molecule has 0 aliphatic heterocycles. The number of carbonyl (C=O) groups excluding carboxylic acids is 2. The Morgan fingerprint density at radius 3 is 3.03 bits per heavy atom. The maximum absolute atomic E-state index is 12.4. The van der Waals surface area contributed by atoms with Crippen LogP contribution in [0.4, 0.5) is 0 Å². The summed E-state index contributed by atoms with van der Waals surface area (Å²) in [5.74, 6) is -0.312. The van der Waals surface area contributed by atoms with Crippen LogP contribution in [-0.2, 0) is 16.0 Å². The van der Waals surface area contributed by atoms with Gasteiger partial charge >= 0.3 is 5.97 Å². The fraction of sp³-hybridized carbons (Fsp3) is 0.455. The summed E-state index contributed by atoms with van der Waals surface area (Å²) in [5, 5.41) is 12.5. The summed E-state index contributed by atoms with van der Waals surface area (Å²) in [6, 6.07) is 7.90. The molecule has 1 amide bonds. The smallest absolute Gasteiger partial charge is 0.308 e. The van der Waals surface area contributed by atoms with Gasteiger partial charge in [-0.25, -0.2) is 4.68 Å². The van der Waals surface area contributed by atoms with Crippen molar-refractivity contribution >= 4 is 38.7 Å². The van der Waals surface area contributed by atoms with Gasteiger partial charge in [-0.05, 0) is 56.4 Å². The lowest BCUT2D eigenvalue weighted by molar-refractivity contribution is -0.147. The van der Waals surface area contributed by atoms with Gasteiger partial charge in [0.2, 0.25) is 0 Å². The third-order valence-corrected chi connectivity index (χ3v) is 6.33. The Kier molecular flexibility index (Phi) is 6.70. The van der Waals surface area contributed by atoms with E-state index in [2.05, 4.69) is 36.5 Å². The number of hydrogen-bond acceptors (Lipinski definition) is 5. The molecule has 1 aliphatic rings. The van der Waals surface area contributed by atoms with Crippen molar-refractivity contribution in [3.05, 3.63) is 46.3 Å². The van der Waals surface area contributed by atoms with Crippen LogP contribution in [0, 0.1) is 5.92 Å². The van der Waals surface area contributed by atoms with E-state index in [1.54, 1.807) is 0 Å². The number of rotatable bonds is 7. The van der Waals surface area contributed by atoms with E-state index in [4.69, 9.17) is 4.74 Å². The van der Waals surface area contributed by atoms with Crippen LogP contribution in [-0.4, -0.2) is 45.5 Å². The molecule has 1 saturated carbocycles. The SMILES string of the molecule is COC(=O)C1CCCC(n2cc(CCCNC(=O)c3cc4cc(Br)ccc4[nH]3)nn2)C1. The van der Waals surface area contributed by atoms with Crippen LogP contribution in [0.2, 0.25) is 0 Å². The molecule has 1 fully saturated rings. The topological polar surface area (TPSA) is 102 Å². The molecule has 2 aromatic heterocycles. The lowest BCUT2D eigenvalue weighted by Gasteiger charge is -2.27. The first-order valence-corrected chi connectivity index (χ1v) is 11.4. The highest BCUT2D eigenvalue weighted by atomic mass is 79.9. The van der Waals surface area contributed by atoms with E-state index in [-0.39, 0.29) is 23.8 Å². The number of esters is 1. The molecular formula is C22H26BrN5O3. The Morgan fingerprint density at radius 1 is 1.32 bits per heavy atom. The summed E-state index contributed by atoms with van der Waals surface area (Å²) < 4.78 is 7.76. The summed E-state index contributed by atoms with van der Waals surface area (Å²) in [4.78, 5) is 27.4. The van der Waals surface area contributed by atoms with E-state index >= 15 is 0 Å². The summed E-state index contributed by atoms with van der Waals surface area (Å²) in [6.07, 6.45) is 7.05. The Labute approximate surface area is 188 Å². The summed E-state index contributed by atoms with van der Waals surface area (Å²) in [5.41, 5.74) is 2.38. The van der Waals surface area contributed by atoms with Crippen molar-refractivity contribution in [1.29, 1.82) is 0 Å². The second-order valence-electron chi connectivity index (χ2n) is 8.00. The number of aromatic nitrogens is 4. The van der Waals surface area contributed by atoms with Gasteiger partial charge in [-0.15, -0.1) is 5.10 Å². The van der Waals surface area contributed by atoms with Gasteiger partial charge in [0.15, 0.2) is 0 Å². The van der Waals surface area contributed by atoms with Crippen LogP contribution >= 0.6 is 15.9 Å². The highest BCUT2D eigenvalue weighted by molar-refractivity contribution is 9.10. The monoisotopic (exact) mass is 487 g/mol. The molecule has 0 saturated heterocycles. The largest absolute Gasteiger partial charge is 0.469 e. The highest BCUT2D eigenvalue weighted by Gasteiger charge is 2.29. The van der Waals surface area contributed by atoms with Gasteiger partial charge in [0.25, 0.3) is 5.91 Å². The van der Waals surface area contributed by atoms with Crippen LogP contribution in [0.15, 0.2) is 34.9 Å². The Hall–Kier alpha value is -2.68. The van der Waals surface area contributed by atoms with Gasteiger partial charge in [-0.1, -0.05) is 27.6 Å². The van der Waals surface area contributed by atoms with Crippen molar-refractivity contribution in [2.45, 2.75) is 44.6 Å². The number of ether oxygens (including phenoxy) is 1. The van der Waals surface area contributed by atoms with Gasteiger partial charge in [-0.2, -0.15) is 0 Å². The minimum atomic E-state index is -0.136. The number of aromatic amines is 1. The summed E-state index contributed by atoms with van der Waals surface area (Å²) >= 11 is 3.44. The molecule has 8 nitrogen and oxygen atoms in total. The number of aryl methyl sites for hydroxylation is 1. The van der Waals surface area contributed by atoms with E-state index in [1.807, 2.05) is 35.1 Å². The van der Waals surface area contributed by atoms with Crippen molar-refractivity contribution in [2.75, 3.05) is 13.7 Å². The second kappa shape index (κ2) is 9.64. The van der Waals surface area contributed by atoms with E-state index in [0.29, 0.717) is 12.2 Å². The molecule has 31 heavy (non-hydrogen) atoms. The van der Waals surface area contributed by atoms with Crippen molar-refractivity contribution < 1.29 is 14.3 Å². The lowest BCUT2D eigenvalue weighted by atomic mass is 9.86. The molecule has 9 heteroatoms. The summed E-state index contributed by atoms with van der Waals surface area (Å²) in [7, 11) is 1.44. The number of benzene rings is 1. The van der Waals surface area contributed by atoms with Crippen LogP contribution in [0.5, 0.6) is 0 Å². The van der Waals surface area contributed by atoms with E-state index in [9.17, 15) is 9.59 Å². The number of amides is 1. The molecule has 2 N–H and O–H groups in total. The molecule has 0 radical (unpaired) electrons. The molecule has 1 aromatic carbocycles. The zero-order chi connectivity index (χ0) is 21.8. The third kappa shape index (κ3) is 5.15. The molecule has 2 heterocycles. The molecule has 164 valence electrons. The number of carbonyl (C=O) groups is 2. The fourth-order valence-corrected chi connectivity index (χ4v) is 4.56. The fourth-order valence-electron chi connectivity index (χ4n) is 4.18. The van der Waals surface area contributed by atoms with Gasteiger partial charge in [0, 0.05) is 28.1 Å². The molecule has 0 bridgehead atoms. The predicted molar refractivity (Wildman–Crippen MR) is 120 cm³/mol. The number of hydrogen-bond donors (Lipinski definition) is 2. The minimum Gasteiger partial charge on any atom is -0.469 e. The summed E-state index contributed by atoms with van der Waals surface area (Å²) in [6.45, 7) is 0.554.